The molecular weight excluding hydrogens is 316 g/mol. The van der Waals surface area contributed by atoms with Gasteiger partial charge in [0.25, 0.3) is 0 Å². The first-order chi connectivity index (χ1) is 9.78. The molecule has 0 aliphatic rings. The molecule has 0 unspecified atom stereocenters. The van der Waals surface area contributed by atoms with Crippen LogP contribution in [0.3, 0.4) is 0 Å². The second-order valence-corrected chi connectivity index (χ2v) is 5.03. The summed E-state index contributed by atoms with van der Waals surface area (Å²) < 4.78 is 5.94. The molecule has 0 fully saturated rings. The Kier molecular flexibility index (Phi) is 3.65. The predicted molar refractivity (Wildman–Crippen MR) is 83.4 cm³/mol. The van der Waals surface area contributed by atoms with Gasteiger partial charge in [-0.25, -0.2) is 4.98 Å². The molecule has 0 spiro atoms. The molecular formula is C16H13BrN2O. The van der Waals surface area contributed by atoms with E-state index in [1.165, 1.54) is 0 Å². The molecule has 0 aliphatic carbocycles. The number of para-hydroxylation sites is 1. The monoisotopic (exact) mass is 328 g/mol. The molecule has 2 aromatic heterocycles. The van der Waals surface area contributed by atoms with Crippen molar-refractivity contribution in [2.24, 2.45) is 0 Å². The quantitative estimate of drug-likeness (QED) is 0.658. The number of ether oxygens (including phenoxy) is 1. The van der Waals surface area contributed by atoms with Gasteiger partial charge in [-0.1, -0.05) is 34.1 Å². The van der Waals surface area contributed by atoms with Gasteiger partial charge in [-0.05, 0) is 31.2 Å². The topological polar surface area (TPSA) is 35.0 Å². The molecule has 4 heteroatoms. The summed E-state index contributed by atoms with van der Waals surface area (Å²) in [4.78, 5) is 8.83. The van der Waals surface area contributed by atoms with Crippen LogP contribution in [-0.4, -0.2) is 9.97 Å². The van der Waals surface area contributed by atoms with Crippen LogP contribution in [0.15, 0.2) is 48.7 Å². The Labute approximate surface area is 125 Å². The first-order valence-electron chi connectivity index (χ1n) is 6.32. The van der Waals surface area contributed by atoms with E-state index < -0.39 is 0 Å². The van der Waals surface area contributed by atoms with Gasteiger partial charge in [0.1, 0.15) is 0 Å². The van der Waals surface area contributed by atoms with Crippen LogP contribution in [-0.2, 0) is 5.33 Å². The molecule has 0 saturated carbocycles. The molecule has 0 aliphatic heterocycles. The molecule has 2 heterocycles. The van der Waals surface area contributed by atoms with E-state index in [1.54, 1.807) is 6.20 Å². The van der Waals surface area contributed by atoms with Crippen molar-refractivity contribution in [3.8, 4) is 11.6 Å². The molecule has 0 atom stereocenters. The van der Waals surface area contributed by atoms with Crippen molar-refractivity contribution >= 4 is 26.8 Å². The van der Waals surface area contributed by atoms with Crippen LogP contribution in [0, 0.1) is 6.92 Å². The summed E-state index contributed by atoms with van der Waals surface area (Å²) >= 11 is 3.49. The molecule has 3 aromatic rings. The van der Waals surface area contributed by atoms with Gasteiger partial charge in [-0.2, -0.15) is 0 Å². The highest BCUT2D eigenvalue weighted by Crippen LogP contribution is 2.29. The lowest BCUT2D eigenvalue weighted by Crippen LogP contribution is -1.96. The first kappa shape index (κ1) is 13.1. The minimum atomic E-state index is 0.622. The van der Waals surface area contributed by atoms with E-state index in [-0.39, 0.29) is 0 Å². The van der Waals surface area contributed by atoms with Crippen LogP contribution in [0.5, 0.6) is 11.6 Å². The average molecular weight is 329 g/mol. The Bertz CT molecular complexity index is 758. The third-order valence-electron chi connectivity index (χ3n) is 3.07. The van der Waals surface area contributed by atoms with Gasteiger partial charge < -0.3 is 4.74 Å². The van der Waals surface area contributed by atoms with E-state index in [4.69, 9.17) is 4.74 Å². The lowest BCUT2D eigenvalue weighted by molar-refractivity contribution is 0.454. The van der Waals surface area contributed by atoms with E-state index >= 15 is 0 Å². The third-order valence-corrected chi connectivity index (χ3v) is 3.68. The van der Waals surface area contributed by atoms with E-state index in [2.05, 4.69) is 32.0 Å². The number of rotatable bonds is 3. The van der Waals surface area contributed by atoms with E-state index in [1.807, 2.05) is 43.3 Å². The summed E-state index contributed by atoms with van der Waals surface area (Å²) in [5, 5.41) is 1.80. The van der Waals surface area contributed by atoms with E-state index in [0.29, 0.717) is 11.2 Å². The van der Waals surface area contributed by atoms with Crippen LogP contribution >= 0.6 is 15.9 Å². The van der Waals surface area contributed by atoms with Crippen molar-refractivity contribution in [2.45, 2.75) is 12.3 Å². The number of hydrogen-bond acceptors (Lipinski definition) is 3. The van der Waals surface area contributed by atoms with Gasteiger partial charge in [-0.15, -0.1) is 0 Å². The maximum Gasteiger partial charge on any atom is 0.223 e. The van der Waals surface area contributed by atoms with Crippen LogP contribution in [0.2, 0.25) is 0 Å². The minimum absolute atomic E-state index is 0.622. The molecule has 100 valence electrons. The zero-order valence-corrected chi connectivity index (χ0v) is 12.6. The summed E-state index contributed by atoms with van der Waals surface area (Å²) in [6, 6.07) is 13.9. The normalized spacial score (nSPS) is 10.7. The molecule has 3 nitrogen and oxygen atoms in total. The third kappa shape index (κ3) is 2.51. The van der Waals surface area contributed by atoms with Crippen LogP contribution in [0.1, 0.15) is 11.3 Å². The Hall–Kier alpha value is -1.94. The number of aromatic nitrogens is 2. The zero-order valence-electron chi connectivity index (χ0n) is 11.0. The molecule has 0 saturated heterocycles. The van der Waals surface area contributed by atoms with Crippen LogP contribution < -0.4 is 4.74 Å². The summed E-state index contributed by atoms with van der Waals surface area (Å²) in [5.74, 6) is 1.36. The number of nitrogens with zero attached hydrogens (tertiary/aromatic N) is 2. The summed E-state index contributed by atoms with van der Waals surface area (Å²) in [6.45, 7) is 1.92. The maximum absolute atomic E-state index is 5.94. The molecule has 1 aromatic carbocycles. The van der Waals surface area contributed by atoms with Crippen LogP contribution in [0.25, 0.3) is 10.9 Å². The zero-order chi connectivity index (χ0) is 13.9. The predicted octanol–water partition coefficient (Wildman–Crippen LogP) is 4.63. The lowest BCUT2D eigenvalue weighted by atomic mass is 10.2. The van der Waals surface area contributed by atoms with E-state index in [0.717, 1.165) is 27.9 Å². The highest BCUT2D eigenvalue weighted by atomic mass is 79.9. The number of aryl methyl sites for hydroxylation is 1. The van der Waals surface area contributed by atoms with Gasteiger partial charge in [-0.3, -0.25) is 4.98 Å². The number of fused-ring (bicyclic) bond motifs is 1. The Balaban J connectivity index is 2.08. The molecule has 0 N–H and O–H groups in total. The van der Waals surface area contributed by atoms with Gasteiger partial charge >= 0.3 is 0 Å². The number of pyridine rings is 2. The molecule has 20 heavy (non-hydrogen) atoms. The fourth-order valence-electron chi connectivity index (χ4n) is 2.01. The van der Waals surface area contributed by atoms with Gasteiger partial charge in [0.05, 0.1) is 11.2 Å². The molecule has 0 amide bonds. The highest BCUT2D eigenvalue weighted by Gasteiger charge is 2.10. The molecule has 0 radical (unpaired) electrons. The number of benzene rings is 1. The smallest absolute Gasteiger partial charge is 0.223 e. The largest absolute Gasteiger partial charge is 0.437 e. The van der Waals surface area contributed by atoms with Crippen molar-refractivity contribution in [3.05, 3.63) is 59.9 Å². The average Bonchev–Trinajstić information content (AvgIpc) is 2.49. The highest BCUT2D eigenvalue weighted by molar-refractivity contribution is 9.08. The van der Waals surface area contributed by atoms with Gasteiger partial charge in [0.2, 0.25) is 5.88 Å². The number of hydrogen-bond donors (Lipinski definition) is 0. The van der Waals surface area contributed by atoms with Crippen molar-refractivity contribution in [3.63, 3.8) is 0 Å². The molecule has 0 bridgehead atoms. The van der Waals surface area contributed by atoms with Crippen molar-refractivity contribution in [1.82, 2.24) is 9.97 Å². The van der Waals surface area contributed by atoms with E-state index in [9.17, 15) is 0 Å². The summed E-state index contributed by atoms with van der Waals surface area (Å²) in [5.41, 5.74) is 2.80. The fraction of sp³-hybridized carbons (Fsp3) is 0.125. The lowest BCUT2D eigenvalue weighted by Gasteiger charge is -2.11. The molecule has 3 rings (SSSR count). The van der Waals surface area contributed by atoms with Crippen LogP contribution in [0.4, 0.5) is 0 Å². The number of halogens is 1. The Morgan fingerprint density at radius 1 is 1.15 bits per heavy atom. The standard InChI is InChI=1S/C16H13BrN2O/c1-11-15(7-4-8-18-11)20-16-13(10-17)9-12-5-2-3-6-14(12)19-16/h2-9H,10H2,1H3. The minimum Gasteiger partial charge on any atom is -0.437 e. The van der Waals surface area contributed by atoms with Crippen molar-refractivity contribution < 1.29 is 4.74 Å². The van der Waals surface area contributed by atoms with Gasteiger partial charge in [0.15, 0.2) is 5.75 Å². The first-order valence-corrected chi connectivity index (χ1v) is 7.44. The SMILES string of the molecule is Cc1ncccc1Oc1nc2ccccc2cc1CBr. The summed E-state index contributed by atoms with van der Waals surface area (Å²) in [7, 11) is 0. The second kappa shape index (κ2) is 5.59. The van der Waals surface area contributed by atoms with Crippen molar-refractivity contribution in [1.29, 1.82) is 0 Å². The number of alkyl halides is 1. The Morgan fingerprint density at radius 2 is 2.00 bits per heavy atom. The maximum atomic E-state index is 5.94. The fourth-order valence-corrected chi connectivity index (χ4v) is 2.41. The Morgan fingerprint density at radius 3 is 2.80 bits per heavy atom. The second-order valence-electron chi connectivity index (χ2n) is 4.47. The van der Waals surface area contributed by atoms with Crippen molar-refractivity contribution in [2.75, 3.05) is 0 Å². The van der Waals surface area contributed by atoms with Gasteiger partial charge in [0, 0.05) is 22.5 Å². The summed E-state index contributed by atoms with van der Waals surface area (Å²) in [6.07, 6.45) is 1.75.